The standard InChI is InChI=1S/C12H13ClN4O/c1-7-3-11(13)10(6-14-7)12(18)15-4-9-5-16-17-8(9)2/h3,5-6H,4H2,1-2H3,(H,15,18)(H,16,17). The molecule has 5 nitrogen and oxygen atoms in total. The molecule has 2 rings (SSSR count). The number of pyridine rings is 1. The van der Waals surface area contributed by atoms with Crippen LogP contribution in [-0.4, -0.2) is 21.1 Å². The van der Waals surface area contributed by atoms with Crippen LogP contribution in [-0.2, 0) is 6.54 Å². The van der Waals surface area contributed by atoms with Crippen molar-refractivity contribution in [2.45, 2.75) is 20.4 Å². The van der Waals surface area contributed by atoms with E-state index in [2.05, 4.69) is 20.5 Å². The predicted octanol–water partition coefficient (Wildman–Crippen LogP) is 2.00. The molecule has 94 valence electrons. The Morgan fingerprint density at radius 3 is 2.83 bits per heavy atom. The van der Waals surface area contributed by atoms with Crippen LogP contribution in [0.15, 0.2) is 18.5 Å². The molecule has 0 aliphatic rings. The lowest BCUT2D eigenvalue weighted by atomic mass is 10.2. The highest BCUT2D eigenvalue weighted by atomic mass is 35.5. The van der Waals surface area contributed by atoms with Gasteiger partial charge in [0.1, 0.15) is 0 Å². The molecule has 1 amide bonds. The first-order valence-corrected chi connectivity index (χ1v) is 5.85. The van der Waals surface area contributed by atoms with Crippen LogP contribution in [0, 0.1) is 13.8 Å². The Hall–Kier alpha value is -1.88. The summed E-state index contributed by atoms with van der Waals surface area (Å²) in [7, 11) is 0. The Bertz CT molecular complexity index is 579. The number of H-pyrrole nitrogens is 1. The highest BCUT2D eigenvalue weighted by molar-refractivity contribution is 6.33. The first kappa shape index (κ1) is 12.6. The van der Waals surface area contributed by atoms with E-state index in [0.717, 1.165) is 17.0 Å². The van der Waals surface area contributed by atoms with Gasteiger partial charge in [-0.1, -0.05) is 11.6 Å². The van der Waals surface area contributed by atoms with Crippen LogP contribution in [0.3, 0.4) is 0 Å². The number of carbonyl (C=O) groups is 1. The molecule has 0 atom stereocenters. The van der Waals surface area contributed by atoms with Gasteiger partial charge in [0.05, 0.1) is 16.8 Å². The highest BCUT2D eigenvalue weighted by Crippen LogP contribution is 2.15. The van der Waals surface area contributed by atoms with Crippen molar-refractivity contribution in [2.75, 3.05) is 0 Å². The van der Waals surface area contributed by atoms with Gasteiger partial charge >= 0.3 is 0 Å². The Morgan fingerprint density at radius 1 is 1.44 bits per heavy atom. The average molecular weight is 265 g/mol. The van der Waals surface area contributed by atoms with E-state index < -0.39 is 0 Å². The number of aromatic amines is 1. The fourth-order valence-corrected chi connectivity index (χ4v) is 1.81. The summed E-state index contributed by atoms with van der Waals surface area (Å²) < 4.78 is 0. The molecule has 0 bridgehead atoms. The van der Waals surface area contributed by atoms with Gasteiger partial charge in [0.2, 0.25) is 0 Å². The van der Waals surface area contributed by atoms with Crippen molar-refractivity contribution in [1.82, 2.24) is 20.5 Å². The summed E-state index contributed by atoms with van der Waals surface area (Å²) >= 11 is 6.00. The number of aromatic nitrogens is 3. The minimum atomic E-state index is -0.242. The van der Waals surface area contributed by atoms with E-state index in [-0.39, 0.29) is 5.91 Å². The lowest BCUT2D eigenvalue weighted by Gasteiger charge is -2.06. The van der Waals surface area contributed by atoms with Crippen molar-refractivity contribution >= 4 is 17.5 Å². The van der Waals surface area contributed by atoms with Gasteiger partial charge in [0.25, 0.3) is 5.91 Å². The third-order valence-electron chi connectivity index (χ3n) is 2.61. The van der Waals surface area contributed by atoms with Crippen LogP contribution >= 0.6 is 11.6 Å². The van der Waals surface area contributed by atoms with E-state index in [4.69, 9.17) is 11.6 Å². The fraction of sp³-hybridized carbons (Fsp3) is 0.250. The number of aryl methyl sites for hydroxylation is 2. The topological polar surface area (TPSA) is 70.7 Å². The normalized spacial score (nSPS) is 10.4. The van der Waals surface area contributed by atoms with Crippen molar-refractivity contribution in [3.8, 4) is 0 Å². The molecule has 2 heterocycles. The molecule has 0 spiro atoms. The fourth-order valence-electron chi connectivity index (χ4n) is 1.52. The van der Waals surface area contributed by atoms with Gasteiger partial charge in [-0.25, -0.2) is 0 Å². The molecule has 6 heteroatoms. The van der Waals surface area contributed by atoms with Crippen molar-refractivity contribution in [3.05, 3.63) is 46.0 Å². The number of hydrogen-bond acceptors (Lipinski definition) is 3. The van der Waals surface area contributed by atoms with Crippen molar-refractivity contribution in [1.29, 1.82) is 0 Å². The van der Waals surface area contributed by atoms with E-state index in [0.29, 0.717) is 17.1 Å². The maximum Gasteiger partial charge on any atom is 0.254 e. The largest absolute Gasteiger partial charge is 0.348 e. The third kappa shape index (κ3) is 2.68. The first-order valence-electron chi connectivity index (χ1n) is 5.47. The first-order chi connectivity index (χ1) is 8.58. The number of amides is 1. The van der Waals surface area contributed by atoms with Gasteiger partial charge in [-0.05, 0) is 19.9 Å². The summed E-state index contributed by atoms with van der Waals surface area (Å²) in [4.78, 5) is 16.0. The van der Waals surface area contributed by atoms with Crippen LogP contribution < -0.4 is 5.32 Å². The van der Waals surface area contributed by atoms with E-state index in [9.17, 15) is 4.79 Å². The molecular weight excluding hydrogens is 252 g/mol. The molecule has 0 fully saturated rings. The summed E-state index contributed by atoms with van der Waals surface area (Å²) in [5.41, 5.74) is 3.04. The van der Waals surface area contributed by atoms with Gasteiger partial charge in [-0.15, -0.1) is 0 Å². The van der Waals surface area contributed by atoms with Crippen LogP contribution in [0.4, 0.5) is 0 Å². The average Bonchev–Trinajstić information content (AvgIpc) is 2.72. The zero-order chi connectivity index (χ0) is 13.1. The molecule has 0 unspecified atom stereocenters. The molecule has 0 saturated heterocycles. The van der Waals surface area contributed by atoms with Crippen LogP contribution in [0.25, 0.3) is 0 Å². The van der Waals surface area contributed by atoms with Gasteiger partial charge in [-0.2, -0.15) is 5.10 Å². The van der Waals surface area contributed by atoms with Gasteiger partial charge in [0.15, 0.2) is 0 Å². The molecule has 2 aromatic rings. The molecule has 0 radical (unpaired) electrons. The molecule has 0 aliphatic heterocycles. The van der Waals surface area contributed by atoms with Gasteiger partial charge < -0.3 is 5.32 Å². The second-order valence-corrected chi connectivity index (χ2v) is 4.42. The Labute approximate surface area is 110 Å². The number of nitrogens with one attached hydrogen (secondary N) is 2. The third-order valence-corrected chi connectivity index (χ3v) is 2.92. The number of halogens is 1. The lowest BCUT2D eigenvalue weighted by molar-refractivity contribution is 0.0950. The molecule has 0 saturated carbocycles. The number of rotatable bonds is 3. The monoisotopic (exact) mass is 264 g/mol. The van der Waals surface area contributed by atoms with Crippen molar-refractivity contribution in [2.24, 2.45) is 0 Å². The second kappa shape index (κ2) is 5.18. The van der Waals surface area contributed by atoms with Crippen LogP contribution in [0.5, 0.6) is 0 Å². The minimum Gasteiger partial charge on any atom is -0.348 e. The van der Waals surface area contributed by atoms with Crippen molar-refractivity contribution < 1.29 is 4.79 Å². The number of hydrogen-bond donors (Lipinski definition) is 2. The van der Waals surface area contributed by atoms with E-state index >= 15 is 0 Å². The van der Waals surface area contributed by atoms with E-state index in [1.807, 2.05) is 13.8 Å². The molecule has 2 N–H and O–H groups in total. The molecule has 0 aliphatic carbocycles. The van der Waals surface area contributed by atoms with Gasteiger partial charge in [0, 0.05) is 29.7 Å². The second-order valence-electron chi connectivity index (χ2n) is 4.01. The molecule has 0 aromatic carbocycles. The minimum absolute atomic E-state index is 0.242. The van der Waals surface area contributed by atoms with E-state index in [1.165, 1.54) is 6.20 Å². The summed E-state index contributed by atoms with van der Waals surface area (Å²) in [6, 6.07) is 1.67. The summed E-state index contributed by atoms with van der Waals surface area (Å²) in [6.07, 6.45) is 3.17. The zero-order valence-corrected chi connectivity index (χ0v) is 10.9. The summed E-state index contributed by atoms with van der Waals surface area (Å²) in [6.45, 7) is 4.13. The van der Waals surface area contributed by atoms with Crippen LogP contribution in [0.1, 0.15) is 27.3 Å². The lowest BCUT2D eigenvalue weighted by Crippen LogP contribution is -2.23. The quantitative estimate of drug-likeness (QED) is 0.891. The molecular formula is C12H13ClN4O. The van der Waals surface area contributed by atoms with Crippen LogP contribution in [0.2, 0.25) is 5.02 Å². The smallest absolute Gasteiger partial charge is 0.254 e. The number of carbonyl (C=O) groups excluding carboxylic acids is 1. The maximum absolute atomic E-state index is 11.9. The Morgan fingerprint density at radius 2 is 2.22 bits per heavy atom. The Kier molecular flexibility index (Phi) is 3.62. The summed E-state index contributed by atoms with van der Waals surface area (Å²) in [5, 5.41) is 9.88. The maximum atomic E-state index is 11.9. The number of nitrogens with zero attached hydrogens (tertiary/aromatic N) is 2. The SMILES string of the molecule is Cc1cc(Cl)c(C(=O)NCc2cn[nH]c2C)cn1. The zero-order valence-electron chi connectivity index (χ0n) is 10.1. The van der Waals surface area contributed by atoms with Gasteiger partial charge in [-0.3, -0.25) is 14.9 Å². The molecule has 2 aromatic heterocycles. The summed E-state index contributed by atoms with van der Waals surface area (Å²) in [5.74, 6) is -0.242. The Balaban J connectivity index is 2.06. The molecule has 18 heavy (non-hydrogen) atoms. The predicted molar refractivity (Wildman–Crippen MR) is 68.5 cm³/mol. The van der Waals surface area contributed by atoms with Crippen molar-refractivity contribution in [3.63, 3.8) is 0 Å². The van der Waals surface area contributed by atoms with E-state index in [1.54, 1.807) is 12.3 Å². The highest BCUT2D eigenvalue weighted by Gasteiger charge is 2.11.